The molecule has 0 radical (unpaired) electrons. The lowest BCUT2D eigenvalue weighted by molar-refractivity contribution is 0.102. The van der Waals surface area contributed by atoms with Crippen molar-refractivity contribution in [3.8, 4) is 5.69 Å². The number of thioether (sulfide) groups is 1. The molecule has 4 rings (SSSR count). The van der Waals surface area contributed by atoms with Crippen molar-refractivity contribution >= 4 is 39.0 Å². The minimum atomic E-state index is -3.64. The molecular formula is C24H20ClN3O3S2. The Labute approximate surface area is 201 Å². The van der Waals surface area contributed by atoms with Crippen LogP contribution in [0.25, 0.3) is 5.69 Å². The molecule has 0 amide bonds. The molecule has 0 unspecified atom stereocenters. The fraction of sp³-hybridized carbons (Fsp3) is 0.125. The lowest BCUT2D eigenvalue weighted by Crippen LogP contribution is -2.11. The lowest BCUT2D eigenvalue weighted by atomic mass is 10.1. The van der Waals surface area contributed by atoms with Crippen molar-refractivity contribution in [2.45, 2.75) is 22.7 Å². The monoisotopic (exact) mass is 497 g/mol. The highest BCUT2D eigenvalue weighted by Gasteiger charge is 2.23. The number of Topliss-reactive ketones (excluding diaryl/α,β-unsaturated/α-hetero) is 1. The molecule has 0 bridgehead atoms. The number of rotatable bonds is 8. The molecule has 0 spiro atoms. The molecule has 0 atom stereocenters. The Kier molecular flexibility index (Phi) is 6.97. The van der Waals surface area contributed by atoms with Gasteiger partial charge in [-0.1, -0.05) is 59.3 Å². The number of aromatic nitrogens is 3. The molecule has 0 aliphatic carbocycles. The van der Waals surface area contributed by atoms with Gasteiger partial charge in [0.2, 0.25) is 0 Å². The van der Waals surface area contributed by atoms with E-state index in [2.05, 4.69) is 10.2 Å². The Balaban J connectivity index is 1.63. The van der Waals surface area contributed by atoms with E-state index in [4.69, 9.17) is 11.6 Å². The summed E-state index contributed by atoms with van der Waals surface area (Å²) in [5, 5.41) is 9.37. The summed E-state index contributed by atoms with van der Waals surface area (Å²) < 4.78 is 27.7. The van der Waals surface area contributed by atoms with Gasteiger partial charge < -0.3 is 0 Å². The van der Waals surface area contributed by atoms with Gasteiger partial charge in [0.15, 0.2) is 26.6 Å². The van der Waals surface area contributed by atoms with Crippen LogP contribution in [0, 0.1) is 6.92 Å². The third-order valence-corrected chi connectivity index (χ3v) is 7.72. The summed E-state index contributed by atoms with van der Waals surface area (Å²) in [4.78, 5) is 12.8. The van der Waals surface area contributed by atoms with E-state index in [1.807, 2.05) is 37.3 Å². The van der Waals surface area contributed by atoms with Crippen LogP contribution in [0.15, 0.2) is 88.9 Å². The lowest BCUT2D eigenvalue weighted by Gasteiger charge is -2.11. The molecule has 9 heteroatoms. The highest BCUT2D eigenvalue weighted by atomic mass is 35.5. The van der Waals surface area contributed by atoms with Gasteiger partial charge in [0.25, 0.3) is 0 Å². The van der Waals surface area contributed by atoms with Crippen molar-refractivity contribution in [2.24, 2.45) is 0 Å². The third-order valence-electron chi connectivity index (χ3n) is 4.91. The fourth-order valence-electron chi connectivity index (χ4n) is 3.17. The molecule has 0 fully saturated rings. The van der Waals surface area contributed by atoms with Gasteiger partial charge in [0, 0.05) is 16.3 Å². The zero-order valence-electron chi connectivity index (χ0n) is 17.7. The zero-order chi connectivity index (χ0) is 23.4. The Morgan fingerprint density at radius 1 is 0.939 bits per heavy atom. The van der Waals surface area contributed by atoms with Crippen molar-refractivity contribution < 1.29 is 13.2 Å². The third kappa shape index (κ3) is 5.52. The van der Waals surface area contributed by atoms with Gasteiger partial charge in [-0.25, -0.2) is 8.42 Å². The van der Waals surface area contributed by atoms with Gasteiger partial charge in [-0.05, 0) is 55.5 Å². The second kappa shape index (κ2) is 9.91. The maximum Gasteiger partial charge on any atom is 0.196 e. The van der Waals surface area contributed by atoms with E-state index in [0.29, 0.717) is 15.7 Å². The first kappa shape index (κ1) is 23.2. The van der Waals surface area contributed by atoms with E-state index in [-0.39, 0.29) is 28.0 Å². The predicted molar refractivity (Wildman–Crippen MR) is 130 cm³/mol. The summed E-state index contributed by atoms with van der Waals surface area (Å²) in [6, 6.07) is 22.6. The van der Waals surface area contributed by atoms with Crippen molar-refractivity contribution in [3.05, 3.63) is 101 Å². The second-order valence-electron chi connectivity index (χ2n) is 7.36. The van der Waals surface area contributed by atoms with Crippen LogP contribution in [0.2, 0.25) is 5.02 Å². The Bertz CT molecular complexity index is 1370. The number of nitrogens with zero attached hydrogens (tertiary/aromatic N) is 3. The molecule has 0 saturated heterocycles. The summed E-state index contributed by atoms with van der Waals surface area (Å²) in [5.74, 6) is -0.00246. The first-order chi connectivity index (χ1) is 15.8. The van der Waals surface area contributed by atoms with Crippen LogP contribution >= 0.6 is 23.4 Å². The van der Waals surface area contributed by atoms with Gasteiger partial charge in [-0.2, -0.15) is 0 Å². The van der Waals surface area contributed by atoms with Crippen molar-refractivity contribution in [3.63, 3.8) is 0 Å². The second-order valence-corrected chi connectivity index (χ2v) is 10.7. The SMILES string of the molecule is Cc1ccc(S(=O)(=O)Cc2nnc(SCC(=O)c3ccc(Cl)cc3)n2-c2ccccc2)cc1. The number of carbonyl (C=O) groups is 1. The van der Waals surface area contributed by atoms with Crippen LogP contribution in [0.1, 0.15) is 21.7 Å². The maximum absolute atomic E-state index is 13.0. The molecule has 6 nitrogen and oxygen atoms in total. The van der Waals surface area contributed by atoms with Crippen molar-refractivity contribution in [1.29, 1.82) is 0 Å². The fourth-order valence-corrected chi connectivity index (χ4v) is 5.41. The Morgan fingerprint density at radius 3 is 2.27 bits per heavy atom. The Hall–Kier alpha value is -2.94. The standard InChI is InChI=1S/C24H20ClN3O3S2/c1-17-7-13-21(14-8-17)33(30,31)16-23-26-27-24(28(23)20-5-3-2-4-6-20)32-15-22(29)18-9-11-19(25)12-10-18/h2-14H,15-16H2,1H3. The Morgan fingerprint density at radius 2 is 1.61 bits per heavy atom. The van der Waals surface area contributed by atoms with Crippen LogP contribution in [-0.2, 0) is 15.6 Å². The van der Waals surface area contributed by atoms with Crippen LogP contribution in [0.4, 0.5) is 0 Å². The molecule has 1 heterocycles. The van der Waals surface area contributed by atoms with Crippen molar-refractivity contribution in [1.82, 2.24) is 14.8 Å². The number of carbonyl (C=O) groups excluding carboxylic acids is 1. The first-order valence-corrected chi connectivity index (χ1v) is 13.1. The van der Waals surface area contributed by atoms with Gasteiger partial charge in [0.05, 0.1) is 10.6 Å². The van der Waals surface area contributed by atoms with E-state index in [1.54, 1.807) is 53.1 Å². The molecular weight excluding hydrogens is 478 g/mol. The number of halogens is 1. The molecule has 33 heavy (non-hydrogen) atoms. The average Bonchev–Trinajstić information content (AvgIpc) is 3.20. The minimum Gasteiger partial charge on any atom is -0.293 e. The molecule has 0 aliphatic rings. The first-order valence-electron chi connectivity index (χ1n) is 10.0. The van der Waals surface area contributed by atoms with Gasteiger partial charge >= 0.3 is 0 Å². The van der Waals surface area contributed by atoms with Gasteiger partial charge in [0.1, 0.15) is 5.75 Å². The number of hydrogen-bond acceptors (Lipinski definition) is 6. The average molecular weight is 498 g/mol. The quantitative estimate of drug-likeness (QED) is 0.246. The highest BCUT2D eigenvalue weighted by Crippen LogP contribution is 2.26. The molecule has 3 aromatic carbocycles. The molecule has 0 N–H and O–H groups in total. The smallest absolute Gasteiger partial charge is 0.196 e. The van der Waals surface area contributed by atoms with E-state index in [0.717, 1.165) is 11.3 Å². The van der Waals surface area contributed by atoms with Crippen LogP contribution < -0.4 is 0 Å². The minimum absolute atomic E-state index is 0.0897. The molecule has 4 aromatic rings. The normalized spacial score (nSPS) is 11.5. The van der Waals surface area contributed by atoms with Crippen LogP contribution in [-0.4, -0.2) is 34.7 Å². The topological polar surface area (TPSA) is 81.9 Å². The molecule has 0 saturated carbocycles. The predicted octanol–water partition coefficient (Wildman–Crippen LogP) is 5.18. The number of aryl methyl sites for hydroxylation is 1. The molecule has 168 valence electrons. The number of sulfone groups is 1. The summed E-state index contributed by atoms with van der Waals surface area (Å²) in [6.45, 7) is 1.90. The summed E-state index contributed by atoms with van der Waals surface area (Å²) >= 11 is 7.10. The van der Waals surface area contributed by atoms with Crippen LogP contribution in [0.5, 0.6) is 0 Å². The van der Waals surface area contributed by atoms with Gasteiger partial charge in [-0.15, -0.1) is 10.2 Å². The molecule has 1 aromatic heterocycles. The maximum atomic E-state index is 13.0. The van der Waals surface area contributed by atoms with Gasteiger partial charge in [-0.3, -0.25) is 9.36 Å². The summed E-state index contributed by atoms with van der Waals surface area (Å²) in [7, 11) is -3.64. The van der Waals surface area contributed by atoms with Crippen LogP contribution in [0.3, 0.4) is 0 Å². The number of ketones is 1. The van der Waals surface area contributed by atoms with Crippen molar-refractivity contribution in [2.75, 3.05) is 5.75 Å². The number of benzene rings is 3. The zero-order valence-corrected chi connectivity index (χ0v) is 20.1. The number of para-hydroxylation sites is 1. The van der Waals surface area contributed by atoms with E-state index in [1.165, 1.54) is 11.8 Å². The highest BCUT2D eigenvalue weighted by molar-refractivity contribution is 7.99. The largest absolute Gasteiger partial charge is 0.293 e. The summed E-state index contributed by atoms with van der Waals surface area (Å²) in [5.41, 5.74) is 2.24. The number of hydrogen-bond donors (Lipinski definition) is 0. The van der Waals surface area contributed by atoms with E-state index < -0.39 is 9.84 Å². The van der Waals surface area contributed by atoms with E-state index >= 15 is 0 Å². The van der Waals surface area contributed by atoms with E-state index in [9.17, 15) is 13.2 Å². The molecule has 0 aliphatic heterocycles. The summed E-state index contributed by atoms with van der Waals surface area (Å²) in [6.07, 6.45) is 0.